The van der Waals surface area contributed by atoms with E-state index in [1.807, 2.05) is 6.26 Å². The molecule has 174 valence electrons. The summed E-state index contributed by atoms with van der Waals surface area (Å²) in [6, 6.07) is 10.9. The summed E-state index contributed by atoms with van der Waals surface area (Å²) in [5.41, 5.74) is 0.796. The van der Waals surface area contributed by atoms with E-state index in [0.717, 1.165) is 4.90 Å². The van der Waals surface area contributed by atoms with Crippen molar-refractivity contribution in [3.8, 4) is 0 Å². The molecular formula is C22H29N3O5S2. The molecule has 2 rings (SSSR count). The molecule has 0 saturated carbocycles. The van der Waals surface area contributed by atoms with Gasteiger partial charge in [-0.2, -0.15) is 0 Å². The molecule has 0 atom stereocenters. The molecule has 10 heteroatoms. The van der Waals surface area contributed by atoms with E-state index in [2.05, 4.69) is 15.4 Å². The van der Waals surface area contributed by atoms with Gasteiger partial charge in [-0.15, -0.1) is 11.8 Å². The maximum absolute atomic E-state index is 13.1. The van der Waals surface area contributed by atoms with E-state index in [0.29, 0.717) is 25.3 Å². The predicted octanol–water partition coefficient (Wildman–Crippen LogP) is 3.57. The second kappa shape index (κ2) is 11.9. The van der Waals surface area contributed by atoms with Crippen LogP contribution in [0.2, 0.25) is 0 Å². The van der Waals surface area contributed by atoms with Crippen LogP contribution in [0.1, 0.15) is 30.6 Å². The van der Waals surface area contributed by atoms with E-state index in [1.54, 1.807) is 45.2 Å². The van der Waals surface area contributed by atoms with Gasteiger partial charge in [-0.25, -0.2) is 8.42 Å². The number of carbonyl (C=O) groups is 2. The lowest BCUT2D eigenvalue weighted by atomic mass is 10.1. The van der Waals surface area contributed by atoms with Gasteiger partial charge in [0.05, 0.1) is 21.8 Å². The highest BCUT2D eigenvalue weighted by Gasteiger charge is 2.20. The minimum absolute atomic E-state index is 0.0235. The van der Waals surface area contributed by atoms with Crippen LogP contribution in [0.3, 0.4) is 0 Å². The first-order chi connectivity index (χ1) is 15.2. The molecule has 2 amide bonds. The highest BCUT2D eigenvalue weighted by atomic mass is 32.2. The van der Waals surface area contributed by atoms with Gasteiger partial charge >= 0.3 is 0 Å². The van der Waals surface area contributed by atoms with Crippen molar-refractivity contribution < 1.29 is 22.7 Å². The molecular weight excluding hydrogens is 450 g/mol. The Kier molecular flexibility index (Phi) is 9.55. The van der Waals surface area contributed by atoms with Crippen molar-refractivity contribution in [2.75, 3.05) is 36.6 Å². The van der Waals surface area contributed by atoms with Crippen molar-refractivity contribution in [1.29, 1.82) is 0 Å². The van der Waals surface area contributed by atoms with Crippen LogP contribution in [0, 0.1) is 5.92 Å². The summed E-state index contributed by atoms with van der Waals surface area (Å²) < 4.78 is 33.6. The Balaban J connectivity index is 2.29. The van der Waals surface area contributed by atoms with Crippen molar-refractivity contribution in [2.45, 2.75) is 30.1 Å². The van der Waals surface area contributed by atoms with Crippen LogP contribution in [0.5, 0.6) is 0 Å². The lowest BCUT2D eigenvalue weighted by molar-refractivity contribution is -0.118. The molecule has 0 aliphatic carbocycles. The molecule has 0 saturated heterocycles. The molecule has 0 spiro atoms. The Morgan fingerprint density at radius 3 is 2.47 bits per heavy atom. The third-order valence-corrected chi connectivity index (χ3v) is 6.65. The number of rotatable bonds is 11. The van der Waals surface area contributed by atoms with Gasteiger partial charge in [0, 0.05) is 31.1 Å². The summed E-state index contributed by atoms with van der Waals surface area (Å²) in [7, 11) is -2.43. The van der Waals surface area contributed by atoms with E-state index in [-0.39, 0.29) is 33.9 Å². The molecule has 0 aliphatic rings. The summed E-state index contributed by atoms with van der Waals surface area (Å²) in [6.45, 7) is 4.43. The standard InChI is InChI=1S/C22H29N3O5S2/c1-15(2)21(26)24-19-14-16(10-11-20(19)31-4)32(28,29)25-18-9-6-5-8-17(18)22(27)23-12-7-13-30-3/h5-6,8-11,14-15,25H,7,12-13H2,1-4H3,(H,23,27)(H,24,26). The van der Waals surface area contributed by atoms with Gasteiger partial charge in [0.2, 0.25) is 5.91 Å². The number of benzene rings is 2. The Morgan fingerprint density at radius 2 is 1.81 bits per heavy atom. The molecule has 2 aromatic rings. The van der Waals surface area contributed by atoms with Gasteiger partial charge in [0.1, 0.15) is 0 Å². The number of ether oxygens (including phenoxy) is 1. The molecule has 0 aliphatic heterocycles. The quantitative estimate of drug-likeness (QED) is 0.335. The largest absolute Gasteiger partial charge is 0.385 e. The van der Waals surface area contributed by atoms with Crippen molar-refractivity contribution >= 4 is 45.0 Å². The maximum Gasteiger partial charge on any atom is 0.261 e. The van der Waals surface area contributed by atoms with Crippen molar-refractivity contribution in [3.63, 3.8) is 0 Å². The fourth-order valence-electron chi connectivity index (χ4n) is 2.72. The van der Waals surface area contributed by atoms with E-state index in [9.17, 15) is 18.0 Å². The molecule has 0 fully saturated rings. The Morgan fingerprint density at radius 1 is 1.09 bits per heavy atom. The maximum atomic E-state index is 13.1. The normalized spacial score (nSPS) is 11.3. The van der Waals surface area contributed by atoms with E-state index < -0.39 is 10.0 Å². The molecule has 0 bridgehead atoms. The molecule has 0 heterocycles. The minimum Gasteiger partial charge on any atom is -0.385 e. The fourth-order valence-corrected chi connectivity index (χ4v) is 4.36. The van der Waals surface area contributed by atoms with Crippen molar-refractivity contribution in [2.24, 2.45) is 5.92 Å². The zero-order valence-corrected chi connectivity index (χ0v) is 20.2. The number of sulfonamides is 1. The minimum atomic E-state index is -4.01. The number of carbonyl (C=O) groups excluding carboxylic acids is 2. The van der Waals surface area contributed by atoms with Crippen molar-refractivity contribution in [1.82, 2.24) is 5.32 Å². The van der Waals surface area contributed by atoms with Crippen LogP contribution >= 0.6 is 11.8 Å². The monoisotopic (exact) mass is 479 g/mol. The number of methoxy groups -OCH3 is 1. The van der Waals surface area contributed by atoms with Gasteiger partial charge < -0.3 is 15.4 Å². The highest BCUT2D eigenvalue weighted by Crippen LogP contribution is 2.30. The summed E-state index contributed by atoms with van der Waals surface area (Å²) in [5.74, 6) is -0.849. The third kappa shape index (κ3) is 6.98. The fraction of sp³-hybridized carbons (Fsp3) is 0.364. The molecule has 0 unspecified atom stereocenters. The van der Waals surface area contributed by atoms with Crippen LogP contribution in [0.15, 0.2) is 52.3 Å². The predicted molar refractivity (Wildman–Crippen MR) is 128 cm³/mol. The second-order valence-corrected chi connectivity index (χ2v) is 9.79. The van der Waals surface area contributed by atoms with Gasteiger partial charge in [-0.05, 0) is 43.0 Å². The second-order valence-electron chi connectivity index (χ2n) is 7.26. The van der Waals surface area contributed by atoms with Crippen LogP contribution in [-0.2, 0) is 19.6 Å². The average molecular weight is 480 g/mol. The Hall–Kier alpha value is -2.56. The number of hydrogen-bond acceptors (Lipinski definition) is 6. The number of nitrogens with one attached hydrogen (secondary N) is 3. The number of para-hydroxylation sites is 1. The lowest BCUT2D eigenvalue weighted by Crippen LogP contribution is -2.26. The summed E-state index contributed by atoms with van der Waals surface area (Å²) in [6.07, 6.45) is 2.48. The molecule has 0 aromatic heterocycles. The zero-order valence-electron chi connectivity index (χ0n) is 18.6. The molecule has 3 N–H and O–H groups in total. The summed E-state index contributed by atoms with van der Waals surface area (Å²) in [4.78, 5) is 25.4. The summed E-state index contributed by atoms with van der Waals surface area (Å²) in [5, 5.41) is 5.53. The summed E-state index contributed by atoms with van der Waals surface area (Å²) >= 11 is 1.40. The van der Waals surface area contributed by atoms with Gasteiger partial charge in [0.25, 0.3) is 15.9 Å². The van der Waals surface area contributed by atoms with Gasteiger partial charge in [-0.1, -0.05) is 26.0 Å². The van der Waals surface area contributed by atoms with E-state index >= 15 is 0 Å². The van der Waals surface area contributed by atoms with Crippen molar-refractivity contribution in [3.05, 3.63) is 48.0 Å². The zero-order chi connectivity index (χ0) is 23.7. The average Bonchev–Trinajstić information content (AvgIpc) is 2.76. The smallest absolute Gasteiger partial charge is 0.261 e. The van der Waals surface area contributed by atoms with Crippen LogP contribution in [0.4, 0.5) is 11.4 Å². The first-order valence-electron chi connectivity index (χ1n) is 10.1. The van der Waals surface area contributed by atoms with E-state index in [4.69, 9.17) is 4.74 Å². The van der Waals surface area contributed by atoms with Gasteiger partial charge in [0.15, 0.2) is 0 Å². The number of thioether (sulfide) groups is 1. The SMILES string of the molecule is COCCCNC(=O)c1ccccc1NS(=O)(=O)c1ccc(SC)c(NC(=O)C(C)C)c1. The molecule has 2 aromatic carbocycles. The number of amides is 2. The highest BCUT2D eigenvalue weighted by molar-refractivity contribution is 7.98. The number of hydrogen-bond donors (Lipinski definition) is 3. The molecule has 8 nitrogen and oxygen atoms in total. The Labute approximate surface area is 193 Å². The van der Waals surface area contributed by atoms with Gasteiger partial charge in [-0.3, -0.25) is 14.3 Å². The van der Waals surface area contributed by atoms with Crippen LogP contribution in [-0.4, -0.2) is 46.7 Å². The van der Waals surface area contributed by atoms with Crippen LogP contribution in [0.25, 0.3) is 0 Å². The molecule has 32 heavy (non-hydrogen) atoms. The molecule has 0 radical (unpaired) electrons. The third-order valence-electron chi connectivity index (χ3n) is 4.49. The van der Waals surface area contributed by atoms with E-state index in [1.165, 1.54) is 30.0 Å². The van der Waals surface area contributed by atoms with Crippen LogP contribution < -0.4 is 15.4 Å². The Bertz CT molecular complexity index is 1060. The first-order valence-corrected chi connectivity index (χ1v) is 12.8. The lowest BCUT2D eigenvalue weighted by Gasteiger charge is -2.15. The number of anilines is 2. The topological polar surface area (TPSA) is 114 Å². The first kappa shape index (κ1) is 25.7.